The van der Waals surface area contributed by atoms with E-state index in [1.54, 1.807) is 18.2 Å². The molecule has 1 atom stereocenters. The molecule has 0 bridgehead atoms. The van der Waals surface area contributed by atoms with Gasteiger partial charge in [-0.2, -0.15) is 0 Å². The first kappa shape index (κ1) is 15.2. The Morgan fingerprint density at radius 2 is 1.85 bits per heavy atom. The third kappa shape index (κ3) is 4.14. The van der Waals surface area contributed by atoms with Crippen molar-refractivity contribution in [3.05, 3.63) is 64.1 Å². The van der Waals surface area contributed by atoms with Crippen molar-refractivity contribution in [2.24, 2.45) is 0 Å². The summed E-state index contributed by atoms with van der Waals surface area (Å²) >= 11 is 12.2. The number of hydrogen-bond acceptors (Lipinski definition) is 2. The van der Waals surface area contributed by atoms with Gasteiger partial charge in [-0.25, -0.2) is 0 Å². The van der Waals surface area contributed by atoms with Gasteiger partial charge in [-0.1, -0.05) is 53.5 Å². The van der Waals surface area contributed by atoms with Crippen LogP contribution in [0.3, 0.4) is 0 Å². The molecule has 0 aromatic heterocycles. The number of nitrogens with one attached hydrogen (secondary N) is 1. The SMILES string of the molecule is CNCCC(Oc1cc(Cl)ccc1Cl)c1ccccc1. The highest BCUT2D eigenvalue weighted by Crippen LogP contribution is 2.32. The van der Waals surface area contributed by atoms with E-state index >= 15 is 0 Å². The molecule has 0 heterocycles. The molecular formula is C16H17Cl2NO. The first-order valence-corrected chi connectivity index (χ1v) is 7.27. The number of hydrogen-bond donors (Lipinski definition) is 1. The lowest BCUT2D eigenvalue weighted by atomic mass is 10.1. The zero-order valence-electron chi connectivity index (χ0n) is 11.3. The Balaban J connectivity index is 2.21. The van der Waals surface area contributed by atoms with Crippen LogP contribution in [0.25, 0.3) is 0 Å². The van der Waals surface area contributed by atoms with Crippen LogP contribution in [-0.2, 0) is 0 Å². The highest BCUT2D eigenvalue weighted by Gasteiger charge is 2.14. The highest BCUT2D eigenvalue weighted by atomic mass is 35.5. The molecule has 20 heavy (non-hydrogen) atoms. The number of rotatable bonds is 6. The van der Waals surface area contributed by atoms with Crippen LogP contribution in [0.2, 0.25) is 10.0 Å². The van der Waals surface area contributed by atoms with Crippen molar-refractivity contribution in [3.63, 3.8) is 0 Å². The van der Waals surface area contributed by atoms with Gasteiger partial charge in [-0.3, -0.25) is 0 Å². The van der Waals surface area contributed by atoms with Crippen molar-refractivity contribution < 1.29 is 4.74 Å². The van der Waals surface area contributed by atoms with Crippen molar-refractivity contribution in [2.75, 3.05) is 13.6 Å². The maximum Gasteiger partial charge on any atom is 0.140 e. The monoisotopic (exact) mass is 309 g/mol. The summed E-state index contributed by atoms with van der Waals surface area (Å²) in [5.74, 6) is 0.615. The van der Waals surface area contributed by atoms with E-state index in [-0.39, 0.29) is 6.10 Å². The third-order valence-electron chi connectivity index (χ3n) is 2.99. The van der Waals surface area contributed by atoms with Gasteiger partial charge in [0.1, 0.15) is 11.9 Å². The third-order valence-corrected chi connectivity index (χ3v) is 3.54. The van der Waals surface area contributed by atoms with E-state index in [0.717, 1.165) is 18.5 Å². The van der Waals surface area contributed by atoms with Crippen LogP contribution < -0.4 is 10.1 Å². The minimum Gasteiger partial charge on any atom is -0.484 e. The molecular weight excluding hydrogens is 293 g/mol. The molecule has 1 unspecified atom stereocenters. The minimum atomic E-state index is -0.0559. The fraction of sp³-hybridized carbons (Fsp3) is 0.250. The fourth-order valence-corrected chi connectivity index (χ4v) is 2.28. The van der Waals surface area contributed by atoms with E-state index in [1.807, 2.05) is 25.2 Å². The number of benzene rings is 2. The van der Waals surface area contributed by atoms with Crippen LogP contribution in [0.4, 0.5) is 0 Å². The maximum atomic E-state index is 6.16. The summed E-state index contributed by atoms with van der Waals surface area (Å²) < 4.78 is 6.06. The van der Waals surface area contributed by atoms with Crippen molar-refractivity contribution in [1.29, 1.82) is 0 Å². The fourth-order valence-electron chi connectivity index (χ4n) is 1.96. The second-order valence-corrected chi connectivity index (χ2v) is 5.33. The predicted octanol–water partition coefficient (Wildman–Crippen LogP) is 4.72. The molecule has 0 aliphatic carbocycles. The smallest absolute Gasteiger partial charge is 0.140 e. The molecule has 2 rings (SSSR count). The second-order valence-electron chi connectivity index (χ2n) is 4.48. The molecule has 4 heteroatoms. The molecule has 0 amide bonds. The second kappa shape index (κ2) is 7.53. The van der Waals surface area contributed by atoms with Crippen molar-refractivity contribution in [2.45, 2.75) is 12.5 Å². The van der Waals surface area contributed by atoms with Gasteiger partial charge in [-0.05, 0) is 31.3 Å². The van der Waals surface area contributed by atoms with Gasteiger partial charge in [0.15, 0.2) is 0 Å². The Morgan fingerprint density at radius 3 is 2.55 bits per heavy atom. The lowest BCUT2D eigenvalue weighted by Gasteiger charge is -2.20. The lowest BCUT2D eigenvalue weighted by Crippen LogP contribution is -2.16. The normalized spacial score (nSPS) is 12.2. The topological polar surface area (TPSA) is 21.3 Å². The Bertz CT molecular complexity index is 545. The summed E-state index contributed by atoms with van der Waals surface area (Å²) in [6, 6.07) is 15.4. The molecule has 0 saturated heterocycles. The van der Waals surface area contributed by atoms with Crippen LogP contribution in [0.1, 0.15) is 18.1 Å². The van der Waals surface area contributed by atoms with Gasteiger partial charge in [0.05, 0.1) is 5.02 Å². The summed E-state index contributed by atoms with van der Waals surface area (Å²) in [4.78, 5) is 0. The van der Waals surface area contributed by atoms with Crippen molar-refractivity contribution >= 4 is 23.2 Å². The van der Waals surface area contributed by atoms with E-state index in [9.17, 15) is 0 Å². The van der Waals surface area contributed by atoms with E-state index in [4.69, 9.17) is 27.9 Å². The van der Waals surface area contributed by atoms with Gasteiger partial charge in [0.25, 0.3) is 0 Å². The molecule has 2 aromatic carbocycles. The Labute approximate surface area is 129 Å². The standard InChI is InChI=1S/C16H17Cl2NO/c1-19-10-9-15(12-5-3-2-4-6-12)20-16-11-13(17)7-8-14(16)18/h2-8,11,15,19H,9-10H2,1H3. The molecule has 0 aliphatic rings. The predicted molar refractivity (Wildman–Crippen MR) is 84.8 cm³/mol. The average Bonchev–Trinajstić information content (AvgIpc) is 2.48. The van der Waals surface area contributed by atoms with E-state index in [0.29, 0.717) is 15.8 Å². The van der Waals surface area contributed by atoms with Crippen LogP contribution >= 0.6 is 23.2 Å². The molecule has 1 N–H and O–H groups in total. The van der Waals surface area contributed by atoms with Crippen LogP contribution in [0, 0.1) is 0 Å². The maximum absolute atomic E-state index is 6.16. The highest BCUT2D eigenvalue weighted by molar-refractivity contribution is 6.34. The zero-order valence-corrected chi connectivity index (χ0v) is 12.8. The van der Waals surface area contributed by atoms with Crippen molar-refractivity contribution in [3.8, 4) is 5.75 Å². The molecule has 0 aliphatic heterocycles. The lowest BCUT2D eigenvalue weighted by molar-refractivity contribution is 0.195. The summed E-state index contributed by atoms with van der Waals surface area (Å²) in [7, 11) is 1.93. The Kier molecular flexibility index (Phi) is 5.72. The van der Waals surface area contributed by atoms with Gasteiger partial charge in [0, 0.05) is 17.5 Å². The van der Waals surface area contributed by atoms with E-state index < -0.39 is 0 Å². The van der Waals surface area contributed by atoms with Gasteiger partial charge in [-0.15, -0.1) is 0 Å². The van der Waals surface area contributed by atoms with Crippen LogP contribution in [0.15, 0.2) is 48.5 Å². The first-order chi connectivity index (χ1) is 9.70. The first-order valence-electron chi connectivity index (χ1n) is 6.52. The molecule has 0 fully saturated rings. The van der Waals surface area contributed by atoms with Gasteiger partial charge >= 0.3 is 0 Å². The average molecular weight is 310 g/mol. The summed E-state index contributed by atoms with van der Waals surface area (Å²) in [5.41, 5.74) is 1.12. The minimum absolute atomic E-state index is 0.0559. The zero-order chi connectivity index (χ0) is 14.4. The van der Waals surface area contributed by atoms with Crippen LogP contribution in [0.5, 0.6) is 5.75 Å². The Morgan fingerprint density at radius 1 is 1.10 bits per heavy atom. The number of halogens is 2. The van der Waals surface area contributed by atoms with Crippen molar-refractivity contribution in [1.82, 2.24) is 5.32 Å². The van der Waals surface area contributed by atoms with E-state index in [1.165, 1.54) is 0 Å². The molecule has 0 spiro atoms. The Hall–Kier alpha value is -1.22. The van der Waals surface area contributed by atoms with Crippen LogP contribution in [-0.4, -0.2) is 13.6 Å². The summed E-state index contributed by atoms with van der Waals surface area (Å²) in [6.07, 6.45) is 0.795. The largest absolute Gasteiger partial charge is 0.484 e. The summed E-state index contributed by atoms with van der Waals surface area (Å²) in [5, 5.41) is 4.33. The molecule has 2 nitrogen and oxygen atoms in total. The molecule has 0 saturated carbocycles. The van der Waals surface area contributed by atoms with E-state index in [2.05, 4.69) is 17.4 Å². The molecule has 0 radical (unpaired) electrons. The quantitative estimate of drug-likeness (QED) is 0.833. The van der Waals surface area contributed by atoms with Gasteiger partial charge < -0.3 is 10.1 Å². The summed E-state index contributed by atoms with van der Waals surface area (Å²) in [6.45, 7) is 0.859. The number of ether oxygens (including phenoxy) is 1. The van der Waals surface area contributed by atoms with Gasteiger partial charge in [0.2, 0.25) is 0 Å². The molecule has 2 aromatic rings. The molecule has 106 valence electrons.